The van der Waals surface area contributed by atoms with Gasteiger partial charge in [-0.05, 0) is 125 Å². The van der Waals surface area contributed by atoms with Gasteiger partial charge in [0.25, 0.3) is 0 Å². The first kappa shape index (κ1) is 47.5. The lowest BCUT2D eigenvalue weighted by Gasteiger charge is -2.13. The third kappa shape index (κ3) is 19.4. The van der Waals surface area contributed by atoms with Gasteiger partial charge in [-0.2, -0.15) is 0 Å². The highest BCUT2D eigenvalue weighted by Gasteiger charge is 2.21. The Morgan fingerprint density at radius 2 is 0.864 bits per heavy atom. The molecule has 3 aromatic carbocycles. The van der Waals surface area contributed by atoms with Crippen LogP contribution in [0.2, 0.25) is 0 Å². The standard InChI is InChI=1S/C47H58O12/c1-4-7-8-9-10-19-34-57-47(52)41-35-40(58-45(50)36-20-24-38(25-21-36)53-30-15-11-13-17-32-55-43(48)5-2)28-29-42(41)59-46(51)37-22-26-39(27-23-37)54-31-16-12-14-18-33-56-44(49)6-3/h5-6,20-29,35H,2-4,7-19,30-34H2,1H3. The molecule has 59 heavy (non-hydrogen) atoms. The van der Waals surface area contributed by atoms with Crippen LogP contribution in [0.1, 0.15) is 128 Å². The number of carbonyl (C=O) groups is 5. The second-order valence-corrected chi connectivity index (χ2v) is 13.7. The van der Waals surface area contributed by atoms with E-state index in [2.05, 4.69) is 20.1 Å². The van der Waals surface area contributed by atoms with Gasteiger partial charge in [0.15, 0.2) is 0 Å². The molecule has 0 unspecified atom stereocenters. The van der Waals surface area contributed by atoms with Crippen LogP contribution < -0.4 is 18.9 Å². The van der Waals surface area contributed by atoms with Gasteiger partial charge in [-0.1, -0.05) is 52.2 Å². The minimum atomic E-state index is -0.710. The van der Waals surface area contributed by atoms with Crippen LogP contribution in [0.15, 0.2) is 92.0 Å². The zero-order chi connectivity index (χ0) is 42.5. The molecular weight excluding hydrogens is 757 g/mol. The first-order valence-electron chi connectivity index (χ1n) is 20.5. The van der Waals surface area contributed by atoms with Gasteiger partial charge in [-0.25, -0.2) is 24.0 Å². The number of carbonyl (C=O) groups excluding carboxylic acids is 5. The van der Waals surface area contributed by atoms with Crippen LogP contribution in [0.3, 0.4) is 0 Å². The molecule has 0 saturated carbocycles. The molecule has 0 radical (unpaired) electrons. The fourth-order valence-corrected chi connectivity index (χ4v) is 5.60. The number of ether oxygens (including phenoxy) is 7. The highest BCUT2D eigenvalue weighted by molar-refractivity contribution is 5.97. The zero-order valence-electron chi connectivity index (χ0n) is 34.3. The van der Waals surface area contributed by atoms with E-state index in [1.165, 1.54) is 18.2 Å². The maximum absolute atomic E-state index is 13.3. The Kier molecular flexibility index (Phi) is 22.9. The Labute approximate surface area is 347 Å². The molecule has 0 atom stereocenters. The minimum absolute atomic E-state index is 0.0417. The summed E-state index contributed by atoms with van der Waals surface area (Å²) in [4.78, 5) is 61.8. The summed E-state index contributed by atoms with van der Waals surface area (Å²) in [7, 11) is 0. The van der Waals surface area contributed by atoms with Crippen molar-refractivity contribution in [3.05, 3.63) is 109 Å². The van der Waals surface area contributed by atoms with Crippen LogP contribution >= 0.6 is 0 Å². The van der Waals surface area contributed by atoms with Crippen LogP contribution in [0.5, 0.6) is 23.0 Å². The van der Waals surface area contributed by atoms with Crippen molar-refractivity contribution in [1.29, 1.82) is 0 Å². The van der Waals surface area contributed by atoms with Gasteiger partial charge in [0.2, 0.25) is 0 Å². The summed E-state index contributed by atoms with van der Waals surface area (Å²) < 4.78 is 38.4. The normalized spacial score (nSPS) is 10.5. The lowest BCUT2D eigenvalue weighted by Crippen LogP contribution is -2.14. The van der Waals surface area contributed by atoms with Crippen molar-refractivity contribution in [2.75, 3.05) is 33.0 Å². The summed E-state index contributed by atoms with van der Waals surface area (Å²) in [5.74, 6) is -1.70. The fourth-order valence-electron chi connectivity index (χ4n) is 5.60. The molecule has 0 aliphatic carbocycles. The average molecular weight is 815 g/mol. The number of benzene rings is 3. The molecule has 318 valence electrons. The molecule has 3 aromatic rings. The number of unbranched alkanes of at least 4 members (excludes halogenated alkanes) is 11. The van der Waals surface area contributed by atoms with E-state index in [0.29, 0.717) is 44.3 Å². The Hall–Kier alpha value is -5.91. The van der Waals surface area contributed by atoms with E-state index in [4.69, 9.17) is 33.2 Å². The van der Waals surface area contributed by atoms with Crippen molar-refractivity contribution < 1.29 is 57.1 Å². The maximum Gasteiger partial charge on any atom is 0.343 e. The number of rotatable bonds is 30. The summed E-state index contributed by atoms with van der Waals surface area (Å²) in [6, 6.07) is 17.2. The summed E-state index contributed by atoms with van der Waals surface area (Å²) in [5.41, 5.74) is 0.449. The molecule has 0 aliphatic heterocycles. The lowest BCUT2D eigenvalue weighted by atomic mass is 10.1. The summed E-state index contributed by atoms with van der Waals surface area (Å²) >= 11 is 0. The second kappa shape index (κ2) is 28.5. The number of hydrogen-bond donors (Lipinski definition) is 0. The molecule has 3 rings (SSSR count). The summed E-state index contributed by atoms with van der Waals surface area (Å²) in [6.07, 6.45) is 15.1. The van der Waals surface area contributed by atoms with Gasteiger partial charge < -0.3 is 33.2 Å². The average Bonchev–Trinajstić information content (AvgIpc) is 3.25. The van der Waals surface area contributed by atoms with Gasteiger partial charge in [0.05, 0.1) is 44.2 Å². The van der Waals surface area contributed by atoms with Gasteiger partial charge in [0, 0.05) is 12.2 Å². The van der Waals surface area contributed by atoms with Crippen molar-refractivity contribution in [3.63, 3.8) is 0 Å². The van der Waals surface area contributed by atoms with E-state index in [9.17, 15) is 24.0 Å². The Bertz CT molecular complexity index is 1760. The lowest BCUT2D eigenvalue weighted by molar-refractivity contribution is -0.138. The van der Waals surface area contributed by atoms with E-state index in [1.807, 2.05) is 0 Å². The molecule has 0 amide bonds. The topological polar surface area (TPSA) is 150 Å². The molecule has 0 aromatic heterocycles. The highest BCUT2D eigenvalue weighted by Crippen LogP contribution is 2.28. The van der Waals surface area contributed by atoms with Crippen molar-refractivity contribution in [1.82, 2.24) is 0 Å². The third-order valence-electron chi connectivity index (χ3n) is 8.93. The predicted molar refractivity (Wildman–Crippen MR) is 223 cm³/mol. The highest BCUT2D eigenvalue weighted by atomic mass is 16.6. The van der Waals surface area contributed by atoms with Gasteiger partial charge in [-0.3, -0.25) is 0 Å². The van der Waals surface area contributed by atoms with Crippen LogP contribution in [0, 0.1) is 0 Å². The largest absolute Gasteiger partial charge is 0.494 e. The van der Waals surface area contributed by atoms with E-state index < -0.39 is 29.8 Å². The molecule has 0 heterocycles. The molecule has 0 bridgehead atoms. The van der Waals surface area contributed by atoms with Gasteiger partial charge >= 0.3 is 29.8 Å². The molecule has 0 fully saturated rings. The Morgan fingerprint density at radius 3 is 1.34 bits per heavy atom. The maximum atomic E-state index is 13.3. The first-order valence-corrected chi connectivity index (χ1v) is 20.5. The van der Waals surface area contributed by atoms with Crippen LogP contribution in [0.4, 0.5) is 0 Å². The van der Waals surface area contributed by atoms with Crippen molar-refractivity contribution >= 4 is 29.8 Å². The predicted octanol–water partition coefficient (Wildman–Crippen LogP) is 9.98. The van der Waals surface area contributed by atoms with E-state index in [1.54, 1.807) is 48.5 Å². The second-order valence-electron chi connectivity index (χ2n) is 13.7. The van der Waals surface area contributed by atoms with Gasteiger partial charge in [-0.15, -0.1) is 0 Å². The monoisotopic (exact) mass is 814 g/mol. The quantitative estimate of drug-likeness (QED) is 0.0207. The SMILES string of the molecule is C=CC(=O)OCCCCCCOc1ccc(C(=O)Oc2ccc(OC(=O)c3ccc(OCCCCCCOC(=O)C=C)cc3)c(C(=O)OCCCCCCCC)c2)cc1. The molecular formula is C47H58O12. The summed E-state index contributed by atoms with van der Waals surface area (Å²) in [6.45, 7) is 10.8. The van der Waals surface area contributed by atoms with E-state index >= 15 is 0 Å². The minimum Gasteiger partial charge on any atom is -0.494 e. The van der Waals surface area contributed by atoms with Crippen LogP contribution in [-0.4, -0.2) is 62.9 Å². The van der Waals surface area contributed by atoms with E-state index in [0.717, 1.165) is 95.6 Å². The van der Waals surface area contributed by atoms with Crippen molar-refractivity contribution in [2.24, 2.45) is 0 Å². The first-order chi connectivity index (χ1) is 28.7. The Balaban J connectivity index is 1.55. The molecule has 0 saturated heterocycles. The van der Waals surface area contributed by atoms with Crippen molar-refractivity contribution in [2.45, 2.75) is 96.8 Å². The fraction of sp³-hybridized carbons (Fsp3) is 0.426. The molecule has 12 heteroatoms. The smallest absolute Gasteiger partial charge is 0.343 e. The molecule has 0 N–H and O–H groups in total. The molecule has 0 aliphatic rings. The molecule has 0 spiro atoms. The van der Waals surface area contributed by atoms with Crippen LogP contribution in [0.25, 0.3) is 0 Å². The van der Waals surface area contributed by atoms with Crippen LogP contribution in [-0.2, 0) is 23.8 Å². The zero-order valence-corrected chi connectivity index (χ0v) is 34.3. The number of esters is 5. The number of hydrogen-bond acceptors (Lipinski definition) is 12. The molecule has 12 nitrogen and oxygen atoms in total. The van der Waals surface area contributed by atoms with E-state index in [-0.39, 0.29) is 34.8 Å². The van der Waals surface area contributed by atoms with Crippen molar-refractivity contribution in [3.8, 4) is 23.0 Å². The Morgan fingerprint density at radius 1 is 0.458 bits per heavy atom. The third-order valence-corrected chi connectivity index (χ3v) is 8.93. The van der Waals surface area contributed by atoms with Gasteiger partial charge in [0.1, 0.15) is 28.6 Å². The summed E-state index contributed by atoms with van der Waals surface area (Å²) in [5, 5.41) is 0.